The largest absolute Gasteiger partial charge is 0.354 e. The molecule has 0 radical (unpaired) electrons. The van der Waals surface area contributed by atoms with Gasteiger partial charge in [0.2, 0.25) is 5.91 Å². The topological polar surface area (TPSA) is 34.0 Å². The summed E-state index contributed by atoms with van der Waals surface area (Å²) in [4.78, 5) is 11.8. The molecule has 0 saturated heterocycles. The Balaban J connectivity index is 1.79. The van der Waals surface area contributed by atoms with Crippen molar-refractivity contribution < 1.29 is 4.79 Å². The van der Waals surface area contributed by atoms with Gasteiger partial charge >= 0.3 is 0 Å². The van der Waals surface area contributed by atoms with Gasteiger partial charge in [-0.05, 0) is 43.2 Å². The Morgan fingerprint density at radius 3 is 2.74 bits per heavy atom. The number of nitrogens with zero attached hydrogens (tertiary/aromatic N) is 1. The monoisotopic (exact) mass is 276 g/mol. The van der Waals surface area contributed by atoms with E-state index in [4.69, 9.17) is 11.6 Å². The first-order valence-corrected chi connectivity index (χ1v) is 6.70. The molecule has 1 heterocycles. The molecule has 0 aliphatic rings. The molecule has 1 N–H and O–H groups in total. The first kappa shape index (κ1) is 13.7. The normalized spacial score (nSPS) is 10.4. The van der Waals surface area contributed by atoms with Crippen LogP contribution in [0.25, 0.3) is 0 Å². The summed E-state index contributed by atoms with van der Waals surface area (Å²) in [6, 6.07) is 9.51. The predicted molar refractivity (Wildman–Crippen MR) is 78.5 cm³/mol. The number of carbonyl (C=O) groups is 1. The molecule has 0 aliphatic heterocycles. The highest BCUT2D eigenvalue weighted by Gasteiger charge is 2.04. The molecule has 3 nitrogen and oxygen atoms in total. The van der Waals surface area contributed by atoms with Gasteiger partial charge < -0.3 is 9.88 Å². The van der Waals surface area contributed by atoms with E-state index in [2.05, 4.69) is 9.88 Å². The molecule has 2 rings (SSSR count). The van der Waals surface area contributed by atoms with E-state index in [1.54, 1.807) is 6.07 Å². The van der Waals surface area contributed by atoms with Gasteiger partial charge in [-0.15, -0.1) is 0 Å². The molecule has 2 aromatic rings. The van der Waals surface area contributed by atoms with Crippen molar-refractivity contribution in [2.75, 3.05) is 5.32 Å². The molecule has 0 saturated carbocycles. The third-order valence-corrected chi connectivity index (χ3v) is 3.35. The van der Waals surface area contributed by atoms with Crippen LogP contribution in [0, 0.1) is 6.92 Å². The summed E-state index contributed by atoms with van der Waals surface area (Å²) in [5, 5.41) is 3.53. The number of aromatic nitrogens is 1. The van der Waals surface area contributed by atoms with Crippen LogP contribution in [0.5, 0.6) is 0 Å². The van der Waals surface area contributed by atoms with Crippen LogP contribution in [-0.2, 0) is 11.3 Å². The minimum absolute atomic E-state index is 0.0204. The first-order chi connectivity index (χ1) is 9.15. The van der Waals surface area contributed by atoms with Gasteiger partial charge in [0, 0.05) is 36.1 Å². The van der Waals surface area contributed by atoms with Gasteiger partial charge in [-0.25, -0.2) is 0 Å². The zero-order chi connectivity index (χ0) is 13.7. The van der Waals surface area contributed by atoms with E-state index in [-0.39, 0.29) is 5.91 Å². The number of hydrogen-bond donors (Lipinski definition) is 1. The van der Waals surface area contributed by atoms with Gasteiger partial charge in [0.15, 0.2) is 0 Å². The van der Waals surface area contributed by atoms with Crippen molar-refractivity contribution in [1.29, 1.82) is 0 Å². The SMILES string of the molecule is Cc1ccc(NC(=O)CCCn2cccc2)cc1Cl. The number of rotatable bonds is 5. The van der Waals surface area contributed by atoms with E-state index in [1.165, 1.54) is 0 Å². The Morgan fingerprint density at radius 1 is 1.32 bits per heavy atom. The first-order valence-electron chi connectivity index (χ1n) is 6.32. The number of aryl methyl sites for hydroxylation is 2. The number of anilines is 1. The second kappa shape index (κ2) is 6.43. The average Bonchev–Trinajstić information content (AvgIpc) is 2.87. The van der Waals surface area contributed by atoms with E-state index in [9.17, 15) is 4.79 Å². The lowest BCUT2D eigenvalue weighted by atomic mass is 10.2. The van der Waals surface area contributed by atoms with Gasteiger partial charge in [-0.3, -0.25) is 4.79 Å². The summed E-state index contributed by atoms with van der Waals surface area (Å²) >= 11 is 6.01. The highest BCUT2D eigenvalue weighted by Crippen LogP contribution is 2.20. The quantitative estimate of drug-likeness (QED) is 0.884. The third-order valence-electron chi connectivity index (χ3n) is 2.94. The lowest BCUT2D eigenvalue weighted by molar-refractivity contribution is -0.116. The van der Waals surface area contributed by atoms with Gasteiger partial charge in [0.1, 0.15) is 0 Å². The van der Waals surface area contributed by atoms with Crippen molar-refractivity contribution in [2.45, 2.75) is 26.3 Å². The van der Waals surface area contributed by atoms with Crippen LogP contribution in [0.2, 0.25) is 5.02 Å². The Morgan fingerprint density at radius 2 is 2.05 bits per heavy atom. The predicted octanol–water partition coefficient (Wildman–Crippen LogP) is 3.87. The van der Waals surface area contributed by atoms with Crippen molar-refractivity contribution in [1.82, 2.24) is 4.57 Å². The molecular weight excluding hydrogens is 260 g/mol. The molecule has 1 aromatic heterocycles. The van der Waals surface area contributed by atoms with Crippen LogP contribution in [0.15, 0.2) is 42.7 Å². The van der Waals surface area contributed by atoms with Crippen LogP contribution in [-0.4, -0.2) is 10.5 Å². The zero-order valence-corrected chi connectivity index (χ0v) is 11.7. The fourth-order valence-electron chi connectivity index (χ4n) is 1.84. The van der Waals surface area contributed by atoms with E-state index in [0.717, 1.165) is 24.2 Å². The molecule has 0 atom stereocenters. The highest BCUT2D eigenvalue weighted by molar-refractivity contribution is 6.31. The van der Waals surface area contributed by atoms with Crippen molar-refractivity contribution >= 4 is 23.2 Å². The zero-order valence-electron chi connectivity index (χ0n) is 10.9. The van der Waals surface area contributed by atoms with Crippen LogP contribution < -0.4 is 5.32 Å². The average molecular weight is 277 g/mol. The maximum atomic E-state index is 11.8. The summed E-state index contributed by atoms with van der Waals surface area (Å²) in [7, 11) is 0. The van der Waals surface area contributed by atoms with Crippen molar-refractivity contribution in [3.63, 3.8) is 0 Å². The van der Waals surface area contributed by atoms with Crippen molar-refractivity contribution in [2.24, 2.45) is 0 Å². The maximum Gasteiger partial charge on any atom is 0.224 e. The van der Waals surface area contributed by atoms with Crippen molar-refractivity contribution in [3.8, 4) is 0 Å². The Labute approximate surface area is 118 Å². The number of halogens is 1. The van der Waals surface area contributed by atoms with Crippen LogP contribution >= 0.6 is 11.6 Å². The fraction of sp³-hybridized carbons (Fsp3) is 0.267. The Bertz CT molecular complexity index is 549. The number of nitrogens with one attached hydrogen (secondary N) is 1. The third kappa shape index (κ3) is 4.14. The van der Waals surface area contributed by atoms with Crippen molar-refractivity contribution in [3.05, 3.63) is 53.3 Å². The van der Waals surface area contributed by atoms with Crippen LogP contribution in [0.1, 0.15) is 18.4 Å². The number of amides is 1. The van der Waals surface area contributed by atoms with Gasteiger partial charge in [-0.1, -0.05) is 17.7 Å². The molecule has 100 valence electrons. The number of hydrogen-bond acceptors (Lipinski definition) is 1. The maximum absolute atomic E-state index is 11.8. The second-order valence-electron chi connectivity index (χ2n) is 4.54. The molecule has 0 unspecified atom stereocenters. The van der Waals surface area contributed by atoms with E-state index < -0.39 is 0 Å². The molecule has 0 aliphatic carbocycles. The molecule has 1 aromatic carbocycles. The standard InChI is InChI=1S/C15H17ClN2O/c1-12-6-7-13(11-14(12)16)17-15(19)5-4-10-18-8-2-3-9-18/h2-3,6-9,11H,4-5,10H2,1H3,(H,17,19). The molecule has 0 bridgehead atoms. The molecule has 0 spiro atoms. The summed E-state index contributed by atoms with van der Waals surface area (Å²) in [6.45, 7) is 2.79. The minimum atomic E-state index is 0.0204. The van der Waals surface area contributed by atoms with E-state index in [1.807, 2.05) is 43.6 Å². The minimum Gasteiger partial charge on any atom is -0.354 e. The van der Waals surface area contributed by atoms with Gasteiger partial charge in [0.25, 0.3) is 0 Å². The molecule has 1 amide bonds. The van der Waals surface area contributed by atoms with E-state index >= 15 is 0 Å². The Kier molecular flexibility index (Phi) is 4.63. The second-order valence-corrected chi connectivity index (χ2v) is 4.94. The lowest BCUT2D eigenvalue weighted by Crippen LogP contribution is -2.12. The molecular formula is C15H17ClN2O. The highest BCUT2D eigenvalue weighted by atomic mass is 35.5. The fourth-order valence-corrected chi connectivity index (χ4v) is 2.02. The number of carbonyl (C=O) groups excluding carboxylic acids is 1. The lowest BCUT2D eigenvalue weighted by Gasteiger charge is -2.07. The summed E-state index contributed by atoms with van der Waals surface area (Å²) in [5.74, 6) is 0.0204. The summed E-state index contributed by atoms with van der Waals surface area (Å²) < 4.78 is 2.07. The summed E-state index contributed by atoms with van der Waals surface area (Å²) in [6.07, 6.45) is 5.32. The molecule has 0 fully saturated rings. The molecule has 19 heavy (non-hydrogen) atoms. The smallest absolute Gasteiger partial charge is 0.224 e. The summed E-state index contributed by atoms with van der Waals surface area (Å²) in [5.41, 5.74) is 1.76. The van der Waals surface area contributed by atoms with E-state index in [0.29, 0.717) is 11.4 Å². The van der Waals surface area contributed by atoms with Gasteiger partial charge in [-0.2, -0.15) is 0 Å². The number of benzene rings is 1. The Hall–Kier alpha value is -1.74. The molecule has 4 heteroatoms. The van der Waals surface area contributed by atoms with Crippen LogP contribution in [0.3, 0.4) is 0 Å². The van der Waals surface area contributed by atoms with Crippen LogP contribution in [0.4, 0.5) is 5.69 Å². The van der Waals surface area contributed by atoms with Gasteiger partial charge in [0.05, 0.1) is 0 Å².